The van der Waals surface area contributed by atoms with Gasteiger partial charge in [-0.05, 0) is 12.1 Å². The summed E-state index contributed by atoms with van der Waals surface area (Å²) in [5, 5.41) is 13.3. The molecule has 0 aliphatic carbocycles. The molecule has 0 aliphatic rings. The highest BCUT2D eigenvalue weighted by Gasteiger charge is 2.07. The Morgan fingerprint density at radius 3 is 2.82 bits per heavy atom. The fourth-order valence-electron chi connectivity index (χ4n) is 1.23. The molecule has 0 fully saturated rings. The summed E-state index contributed by atoms with van der Waals surface area (Å²) in [6, 6.07) is 9.79. The van der Waals surface area contributed by atoms with E-state index in [1.54, 1.807) is 11.0 Å². The second-order valence-electron chi connectivity index (χ2n) is 3.43. The van der Waals surface area contributed by atoms with Gasteiger partial charge in [-0.1, -0.05) is 18.2 Å². The number of rotatable bonds is 5. The van der Waals surface area contributed by atoms with E-state index >= 15 is 0 Å². The van der Waals surface area contributed by atoms with E-state index in [1.807, 2.05) is 30.3 Å². The Hall–Kier alpha value is -1.59. The molecule has 0 radical (unpaired) electrons. The summed E-state index contributed by atoms with van der Waals surface area (Å²) in [6.45, 7) is 0.0856. The first-order valence-electron chi connectivity index (χ1n) is 5.13. The third-order valence-corrected chi connectivity index (χ3v) is 2.43. The van der Waals surface area contributed by atoms with Crippen molar-refractivity contribution in [2.75, 3.05) is 12.5 Å². The number of benzene rings is 1. The van der Waals surface area contributed by atoms with Crippen LogP contribution in [-0.4, -0.2) is 38.5 Å². The van der Waals surface area contributed by atoms with Crippen molar-refractivity contribution in [1.82, 2.24) is 14.8 Å². The maximum Gasteiger partial charge on any atom is 0.335 e. The third-order valence-electron chi connectivity index (χ3n) is 2.07. The molecule has 1 atom stereocenters. The molecule has 0 amide bonds. The molecule has 1 heterocycles. The maximum absolute atomic E-state index is 9.22. The van der Waals surface area contributed by atoms with Gasteiger partial charge in [-0.25, -0.2) is 4.68 Å². The van der Waals surface area contributed by atoms with Crippen molar-refractivity contribution in [3.8, 4) is 11.7 Å². The topological polar surface area (TPSA) is 60.2 Å². The van der Waals surface area contributed by atoms with Crippen LogP contribution in [0.25, 0.3) is 5.69 Å². The van der Waals surface area contributed by atoms with Gasteiger partial charge in [0.05, 0.1) is 11.6 Å². The van der Waals surface area contributed by atoms with E-state index in [2.05, 4.69) is 10.1 Å². The highest BCUT2D eigenvalue weighted by atomic mass is 35.5. The van der Waals surface area contributed by atoms with E-state index in [0.717, 1.165) is 5.69 Å². The van der Waals surface area contributed by atoms with Crippen LogP contribution in [0.2, 0.25) is 0 Å². The molecule has 1 unspecified atom stereocenters. The third kappa shape index (κ3) is 3.18. The zero-order valence-corrected chi connectivity index (χ0v) is 9.79. The summed E-state index contributed by atoms with van der Waals surface area (Å²) in [5.41, 5.74) is 0.896. The summed E-state index contributed by atoms with van der Waals surface area (Å²) in [5.74, 6) is 0.124. The summed E-state index contributed by atoms with van der Waals surface area (Å²) < 4.78 is 6.78. The Balaban J connectivity index is 2.01. The fourth-order valence-corrected chi connectivity index (χ4v) is 1.32. The van der Waals surface area contributed by atoms with Crippen molar-refractivity contribution in [2.24, 2.45) is 0 Å². The molecule has 1 aromatic heterocycles. The van der Waals surface area contributed by atoms with E-state index in [-0.39, 0.29) is 18.5 Å². The molecule has 1 aromatic carbocycles. The standard InChI is InChI=1S/C11H12ClN3O2/c12-6-10(16)7-17-11-13-8-15(14-11)9-4-2-1-3-5-9/h1-5,8,10,16H,6-7H2. The van der Waals surface area contributed by atoms with Gasteiger partial charge in [-0.2, -0.15) is 4.98 Å². The zero-order chi connectivity index (χ0) is 12.1. The Morgan fingerprint density at radius 2 is 2.12 bits per heavy atom. The average Bonchev–Trinajstić information content (AvgIpc) is 2.86. The van der Waals surface area contributed by atoms with E-state index in [0.29, 0.717) is 0 Å². The van der Waals surface area contributed by atoms with Crippen LogP contribution >= 0.6 is 11.6 Å². The smallest absolute Gasteiger partial charge is 0.335 e. The normalized spacial score (nSPS) is 12.4. The van der Waals surface area contributed by atoms with Crippen molar-refractivity contribution in [3.05, 3.63) is 36.7 Å². The number of aliphatic hydroxyl groups excluding tert-OH is 1. The molecular weight excluding hydrogens is 242 g/mol. The zero-order valence-electron chi connectivity index (χ0n) is 9.03. The van der Waals surface area contributed by atoms with Gasteiger partial charge in [0.25, 0.3) is 0 Å². The molecule has 0 spiro atoms. The Kier molecular flexibility index (Phi) is 3.95. The molecule has 17 heavy (non-hydrogen) atoms. The second-order valence-corrected chi connectivity index (χ2v) is 3.74. The molecule has 2 aromatic rings. The number of hydrogen-bond donors (Lipinski definition) is 1. The molecular formula is C11H12ClN3O2. The molecule has 0 bridgehead atoms. The number of nitrogens with zero attached hydrogens (tertiary/aromatic N) is 3. The number of halogens is 1. The van der Waals surface area contributed by atoms with Crippen LogP contribution in [0.4, 0.5) is 0 Å². The molecule has 90 valence electrons. The average molecular weight is 254 g/mol. The Bertz CT molecular complexity index is 461. The van der Waals surface area contributed by atoms with Gasteiger partial charge in [0, 0.05) is 0 Å². The predicted octanol–water partition coefficient (Wildman–Crippen LogP) is 1.25. The molecule has 0 aliphatic heterocycles. The predicted molar refractivity (Wildman–Crippen MR) is 63.6 cm³/mol. The number of ether oxygens (including phenoxy) is 1. The number of hydrogen-bond acceptors (Lipinski definition) is 4. The van der Waals surface area contributed by atoms with Gasteiger partial charge in [0.15, 0.2) is 0 Å². The maximum atomic E-state index is 9.22. The second kappa shape index (κ2) is 5.65. The molecule has 6 heteroatoms. The molecule has 1 N–H and O–H groups in total. The number of para-hydroxylation sites is 1. The van der Waals surface area contributed by atoms with Crippen molar-refractivity contribution in [2.45, 2.75) is 6.10 Å². The molecule has 0 saturated carbocycles. The van der Waals surface area contributed by atoms with Crippen LogP contribution in [0, 0.1) is 0 Å². The summed E-state index contributed by atoms with van der Waals surface area (Å²) in [6.07, 6.45) is 0.845. The van der Waals surface area contributed by atoms with Crippen LogP contribution in [0.15, 0.2) is 36.7 Å². The minimum Gasteiger partial charge on any atom is -0.460 e. The quantitative estimate of drug-likeness (QED) is 0.815. The van der Waals surface area contributed by atoms with Gasteiger partial charge < -0.3 is 9.84 Å². The largest absolute Gasteiger partial charge is 0.460 e. The summed E-state index contributed by atoms with van der Waals surface area (Å²) in [4.78, 5) is 3.97. The van der Waals surface area contributed by atoms with Gasteiger partial charge in [0.2, 0.25) is 0 Å². The Morgan fingerprint density at radius 1 is 1.35 bits per heavy atom. The van der Waals surface area contributed by atoms with E-state index in [4.69, 9.17) is 16.3 Å². The number of aromatic nitrogens is 3. The van der Waals surface area contributed by atoms with Crippen LogP contribution in [0.5, 0.6) is 6.01 Å². The first-order valence-corrected chi connectivity index (χ1v) is 5.67. The van der Waals surface area contributed by atoms with E-state index < -0.39 is 6.10 Å². The van der Waals surface area contributed by atoms with Gasteiger partial charge in [-0.3, -0.25) is 0 Å². The van der Waals surface area contributed by atoms with Gasteiger partial charge in [0.1, 0.15) is 19.0 Å². The summed E-state index contributed by atoms with van der Waals surface area (Å²) in [7, 11) is 0. The lowest BCUT2D eigenvalue weighted by molar-refractivity contribution is 0.119. The molecule has 2 rings (SSSR count). The van der Waals surface area contributed by atoms with Gasteiger partial charge >= 0.3 is 6.01 Å². The van der Waals surface area contributed by atoms with Crippen LogP contribution in [-0.2, 0) is 0 Å². The Labute approximate surface area is 104 Å². The van der Waals surface area contributed by atoms with Crippen molar-refractivity contribution in [1.29, 1.82) is 0 Å². The van der Waals surface area contributed by atoms with Crippen molar-refractivity contribution >= 4 is 11.6 Å². The highest BCUT2D eigenvalue weighted by Crippen LogP contribution is 2.08. The SMILES string of the molecule is OC(CCl)COc1ncn(-c2ccccc2)n1. The van der Waals surface area contributed by atoms with E-state index in [9.17, 15) is 5.11 Å². The van der Waals surface area contributed by atoms with Crippen LogP contribution in [0.1, 0.15) is 0 Å². The lowest BCUT2D eigenvalue weighted by Gasteiger charge is -2.05. The lowest BCUT2D eigenvalue weighted by atomic mass is 10.3. The molecule has 0 saturated heterocycles. The first kappa shape index (κ1) is 11.9. The molecule has 5 nitrogen and oxygen atoms in total. The van der Waals surface area contributed by atoms with Gasteiger partial charge in [-0.15, -0.1) is 16.7 Å². The van der Waals surface area contributed by atoms with Crippen LogP contribution < -0.4 is 4.74 Å². The lowest BCUT2D eigenvalue weighted by Crippen LogP contribution is -2.19. The van der Waals surface area contributed by atoms with Crippen molar-refractivity contribution < 1.29 is 9.84 Å². The van der Waals surface area contributed by atoms with Crippen molar-refractivity contribution in [3.63, 3.8) is 0 Å². The minimum absolute atomic E-state index is 0.0856. The van der Waals surface area contributed by atoms with E-state index in [1.165, 1.54) is 0 Å². The number of alkyl halides is 1. The van der Waals surface area contributed by atoms with Crippen LogP contribution in [0.3, 0.4) is 0 Å². The first-order chi connectivity index (χ1) is 8.29. The summed E-state index contributed by atoms with van der Waals surface area (Å²) >= 11 is 5.44. The monoisotopic (exact) mass is 253 g/mol. The fraction of sp³-hybridized carbons (Fsp3) is 0.273. The highest BCUT2D eigenvalue weighted by molar-refractivity contribution is 6.18. The minimum atomic E-state index is -0.708. The number of aliphatic hydroxyl groups is 1.